The minimum atomic E-state index is -0.419. The van der Waals surface area contributed by atoms with Crippen molar-refractivity contribution in [1.29, 1.82) is 0 Å². The first-order valence-electron chi connectivity index (χ1n) is 11.5. The Balaban J connectivity index is 1.72. The minimum Gasteiger partial charge on any atom is -0.366 e. The molecule has 0 fully saturated rings. The molecule has 3 rings (SSSR count). The summed E-state index contributed by atoms with van der Waals surface area (Å²) in [6.07, 6.45) is 14.3. The molecule has 0 bridgehead atoms. The summed E-state index contributed by atoms with van der Waals surface area (Å²) in [4.78, 5) is 13.2. The van der Waals surface area contributed by atoms with Crippen LogP contribution < -0.4 is 0 Å². The maximum Gasteiger partial charge on any atom is 0.192 e. The summed E-state index contributed by atoms with van der Waals surface area (Å²) in [7, 11) is 0. The Morgan fingerprint density at radius 3 is 2.53 bits per heavy atom. The van der Waals surface area contributed by atoms with Crippen LogP contribution in [0.1, 0.15) is 66.9 Å². The SMILES string of the molecule is C=Cc1ccc(COC2(CC(Br)CCCCC)C=CC(C(=O)c3ccccc3)=CC2)cc1. The Hall–Kier alpha value is -2.23. The average Bonchev–Trinajstić information content (AvgIpc) is 2.84. The van der Waals surface area contributed by atoms with Gasteiger partial charge in [0, 0.05) is 16.0 Å². The normalized spacial score (nSPS) is 18.8. The van der Waals surface area contributed by atoms with E-state index in [0.717, 1.165) is 35.1 Å². The van der Waals surface area contributed by atoms with Crippen molar-refractivity contribution in [1.82, 2.24) is 0 Å². The van der Waals surface area contributed by atoms with E-state index in [1.807, 2.05) is 48.6 Å². The highest BCUT2D eigenvalue weighted by Gasteiger charge is 2.33. The van der Waals surface area contributed by atoms with Crippen molar-refractivity contribution in [2.24, 2.45) is 0 Å². The Bertz CT molecular complexity index is 943. The number of carbonyl (C=O) groups excluding carboxylic acids is 1. The van der Waals surface area contributed by atoms with Crippen LogP contribution in [-0.2, 0) is 11.3 Å². The van der Waals surface area contributed by atoms with E-state index < -0.39 is 5.60 Å². The second-order valence-electron chi connectivity index (χ2n) is 8.49. The summed E-state index contributed by atoms with van der Waals surface area (Å²) in [5.41, 5.74) is 3.28. The van der Waals surface area contributed by atoms with E-state index in [0.29, 0.717) is 17.9 Å². The zero-order valence-corrected chi connectivity index (χ0v) is 20.5. The molecule has 0 N–H and O–H groups in total. The fraction of sp³-hybridized carbons (Fsp3) is 0.345. The molecule has 0 heterocycles. The van der Waals surface area contributed by atoms with Gasteiger partial charge in [0.15, 0.2) is 5.78 Å². The van der Waals surface area contributed by atoms with Crippen molar-refractivity contribution in [2.75, 3.05) is 0 Å². The molecule has 168 valence electrons. The van der Waals surface area contributed by atoms with Crippen LogP contribution >= 0.6 is 15.9 Å². The lowest BCUT2D eigenvalue weighted by Crippen LogP contribution is -2.34. The smallest absolute Gasteiger partial charge is 0.192 e. The van der Waals surface area contributed by atoms with Crippen molar-refractivity contribution in [3.63, 3.8) is 0 Å². The number of allylic oxidation sites excluding steroid dienone is 2. The molecular weight excluding hydrogens is 460 g/mol. The lowest BCUT2D eigenvalue weighted by atomic mass is 9.85. The summed E-state index contributed by atoms with van der Waals surface area (Å²) in [6, 6.07) is 17.8. The van der Waals surface area contributed by atoms with Crippen LogP contribution in [0.25, 0.3) is 6.08 Å². The second-order valence-corrected chi connectivity index (χ2v) is 9.78. The number of hydrogen-bond acceptors (Lipinski definition) is 2. The molecule has 1 aliphatic rings. The summed E-state index contributed by atoms with van der Waals surface area (Å²) in [5.74, 6) is 0.0637. The summed E-state index contributed by atoms with van der Waals surface area (Å²) in [6.45, 7) is 6.58. The maximum absolute atomic E-state index is 12.9. The molecule has 0 aliphatic heterocycles. The quantitative estimate of drug-likeness (QED) is 0.170. The van der Waals surface area contributed by atoms with Crippen LogP contribution in [0.2, 0.25) is 0 Å². The van der Waals surface area contributed by atoms with Crippen molar-refractivity contribution in [3.8, 4) is 0 Å². The molecule has 0 saturated carbocycles. The summed E-state index contributed by atoms with van der Waals surface area (Å²) < 4.78 is 6.54. The molecule has 2 aromatic carbocycles. The number of ether oxygens (including phenoxy) is 1. The molecule has 2 unspecified atom stereocenters. The third kappa shape index (κ3) is 6.88. The molecular formula is C29H33BrO2. The van der Waals surface area contributed by atoms with Crippen LogP contribution in [0.3, 0.4) is 0 Å². The van der Waals surface area contributed by atoms with Crippen LogP contribution in [-0.4, -0.2) is 16.2 Å². The predicted molar refractivity (Wildman–Crippen MR) is 138 cm³/mol. The third-order valence-electron chi connectivity index (χ3n) is 5.96. The van der Waals surface area contributed by atoms with Gasteiger partial charge in [0.2, 0.25) is 0 Å². The molecule has 0 amide bonds. The van der Waals surface area contributed by atoms with Gasteiger partial charge in [0.25, 0.3) is 0 Å². The molecule has 1 aliphatic carbocycles. The number of unbranched alkanes of at least 4 members (excludes halogenated alkanes) is 2. The van der Waals surface area contributed by atoms with Crippen LogP contribution in [0, 0.1) is 0 Å². The molecule has 2 atom stereocenters. The van der Waals surface area contributed by atoms with Gasteiger partial charge in [-0.15, -0.1) is 0 Å². The first kappa shape index (κ1) is 24.4. The first-order valence-corrected chi connectivity index (χ1v) is 12.5. The number of benzene rings is 2. The Morgan fingerprint density at radius 2 is 1.91 bits per heavy atom. The molecule has 32 heavy (non-hydrogen) atoms. The highest BCUT2D eigenvalue weighted by molar-refractivity contribution is 9.09. The standard InChI is InChI=1S/C29H33BrO2/c1-3-5-7-12-27(30)21-29(32-22-24-15-13-23(4-2)14-16-24)19-17-26(18-20-29)28(31)25-10-8-6-9-11-25/h4,6,8-11,13-19,27H,2-3,5,7,12,20-22H2,1H3. The van der Waals surface area contributed by atoms with Gasteiger partial charge < -0.3 is 4.74 Å². The lowest BCUT2D eigenvalue weighted by molar-refractivity contribution is -0.0253. The number of Topliss-reactive ketones (excluding diaryl/α,β-unsaturated/α-hetero) is 1. The highest BCUT2D eigenvalue weighted by Crippen LogP contribution is 2.35. The van der Waals surface area contributed by atoms with E-state index in [4.69, 9.17) is 4.74 Å². The topological polar surface area (TPSA) is 26.3 Å². The molecule has 0 aromatic heterocycles. The highest BCUT2D eigenvalue weighted by atomic mass is 79.9. The number of carbonyl (C=O) groups is 1. The molecule has 2 aromatic rings. The maximum atomic E-state index is 12.9. The first-order chi connectivity index (χ1) is 15.5. The van der Waals surface area contributed by atoms with Crippen molar-refractivity contribution >= 4 is 27.8 Å². The Labute approximate surface area is 201 Å². The third-order valence-corrected chi connectivity index (χ3v) is 6.74. The van der Waals surface area contributed by atoms with Crippen LogP contribution in [0.4, 0.5) is 0 Å². The van der Waals surface area contributed by atoms with E-state index in [1.165, 1.54) is 19.3 Å². The number of halogens is 1. The van der Waals surface area contributed by atoms with Crippen molar-refractivity contribution < 1.29 is 9.53 Å². The van der Waals surface area contributed by atoms with Gasteiger partial charge in [-0.25, -0.2) is 0 Å². The summed E-state index contributed by atoms with van der Waals surface area (Å²) in [5, 5.41) is 0. The fourth-order valence-electron chi connectivity index (χ4n) is 3.97. The summed E-state index contributed by atoms with van der Waals surface area (Å²) >= 11 is 3.89. The van der Waals surface area contributed by atoms with Crippen molar-refractivity contribution in [2.45, 2.75) is 62.5 Å². The van der Waals surface area contributed by atoms with Gasteiger partial charge in [0.05, 0.1) is 12.2 Å². The number of ketones is 1. The van der Waals surface area contributed by atoms with Crippen LogP contribution in [0.15, 0.2) is 85.0 Å². The number of rotatable bonds is 12. The van der Waals surface area contributed by atoms with E-state index in [1.54, 1.807) is 0 Å². The van der Waals surface area contributed by atoms with Gasteiger partial charge in [-0.1, -0.05) is 128 Å². The molecule has 3 heteroatoms. The van der Waals surface area contributed by atoms with E-state index in [9.17, 15) is 4.79 Å². The molecule has 0 spiro atoms. The predicted octanol–water partition coefficient (Wildman–Crippen LogP) is 8.09. The fourth-order valence-corrected chi connectivity index (χ4v) is 4.84. The number of hydrogen-bond donors (Lipinski definition) is 0. The van der Waals surface area contributed by atoms with Gasteiger partial charge in [-0.05, 0) is 30.4 Å². The number of alkyl halides is 1. The monoisotopic (exact) mass is 492 g/mol. The zero-order chi connectivity index (χ0) is 22.8. The largest absolute Gasteiger partial charge is 0.366 e. The minimum absolute atomic E-state index is 0.0637. The molecule has 0 radical (unpaired) electrons. The van der Waals surface area contributed by atoms with Crippen molar-refractivity contribution in [3.05, 3.63) is 102 Å². The van der Waals surface area contributed by atoms with Crippen LogP contribution in [0.5, 0.6) is 0 Å². The van der Waals surface area contributed by atoms with E-state index in [-0.39, 0.29) is 5.78 Å². The lowest BCUT2D eigenvalue weighted by Gasteiger charge is -2.34. The second kappa shape index (κ2) is 12.1. The van der Waals surface area contributed by atoms with E-state index >= 15 is 0 Å². The van der Waals surface area contributed by atoms with E-state index in [2.05, 4.69) is 59.8 Å². The van der Waals surface area contributed by atoms with Gasteiger partial charge >= 0.3 is 0 Å². The zero-order valence-electron chi connectivity index (χ0n) is 18.9. The van der Waals surface area contributed by atoms with Gasteiger partial charge in [0.1, 0.15) is 0 Å². The Kier molecular flexibility index (Phi) is 9.25. The average molecular weight is 493 g/mol. The van der Waals surface area contributed by atoms with Gasteiger partial charge in [-0.3, -0.25) is 4.79 Å². The Morgan fingerprint density at radius 1 is 1.16 bits per heavy atom. The molecule has 2 nitrogen and oxygen atoms in total. The van der Waals surface area contributed by atoms with Gasteiger partial charge in [-0.2, -0.15) is 0 Å². The molecule has 0 saturated heterocycles.